The van der Waals surface area contributed by atoms with Crippen molar-refractivity contribution in [3.05, 3.63) is 76.5 Å². The maximum atomic E-state index is 12.5. The zero-order valence-corrected chi connectivity index (χ0v) is 17.3. The summed E-state index contributed by atoms with van der Waals surface area (Å²) < 4.78 is 3.47. The van der Waals surface area contributed by atoms with Crippen LogP contribution in [0.3, 0.4) is 0 Å². The van der Waals surface area contributed by atoms with E-state index in [4.69, 9.17) is 0 Å². The molecule has 30 heavy (non-hydrogen) atoms. The van der Waals surface area contributed by atoms with E-state index in [0.29, 0.717) is 6.54 Å². The van der Waals surface area contributed by atoms with Crippen molar-refractivity contribution >= 4 is 5.91 Å². The number of rotatable bonds is 6. The van der Waals surface area contributed by atoms with Crippen LogP contribution in [0.25, 0.3) is 11.1 Å². The van der Waals surface area contributed by atoms with E-state index in [-0.39, 0.29) is 23.4 Å². The Morgan fingerprint density at radius 1 is 1.30 bits per heavy atom. The molecule has 1 amide bonds. The van der Waals surface area contributed by atoms with Crippen LogP contribution in [0.1, 0.15) is 30.5 Å². The van der Waals surface area contributed by atoms with Gasteiger partial charge in [0.05, 0.1) is 18.8 Å². The van der Waals surface area contributed by atoms with Gasteiger partial charge in [0.2, 0.25) is 5.91 Å². The molecule has 0 saturated carbocycles. The van der Waals surface area contributed by atoms with E-state index in [2.05, 4.69) is 27.9 Å². The Morgan fingerprint density at radius 3 is 2.80 bits per heavy atom. The highest BCUT2D eigenvalue weighted by molar-refractivity contribution is 5.74. The summed E-state index contributed by atoms with van der Waals surface area (Å²) in [5, 5.41) is 11.0. The predicted molar refractivity (Wildman–Crippen MR) is 116 cm³/mol. The van der Waals surface area contributed by atoms with Crippen LogP contribution in [-0.2, 0) is 18.4 Å². The minimum atomic E-state index is -0.223. The molecule has 156 valence electrons. The molecule has 0 spiro atoms. The Balaban J connectivity index is 1.73. The number of aryl methyl sites for hydroxylation is 1. The summed E-state index contributed by atoms with van der Waals surface area (Å²) in [7, 11) is 1.74. The number of amides is 1. The summed E-state index contributed by atoms with van der Waals surface area (Å²) in [5.41, 5.74) is 3.77. The van der Waals surface area contributed by atoms with Crippen LogP contribution in [0.5, 0.6) is 0 Å². The van der Waals surface area contributed by atoms with Crippen LogP contribution in [-0.4, -0.2) is 33.3 Å². The maximum Gasteiger partial charge on any atom is 0.250 e. The second kappa shape index (κ2) is 8.67. The van der Waals surface area contributed by atoms with Crippen LogP contribution in [0.15, 0.2) is 59.8 Å². The zero-order valence-electron chi connectivity index (χ0n) is 17.3. The van der Waals surface area contributed by atoms with Crippen molar-refractivity contribution in [3.8, 4) is 11.1 Å². The highest BCUT2D eigenvalue weighted by Crippen LogP contribution is 2.33. The average molecular weight is 406 g/mol. The van der Waals surface area contributed by atoms with Gasteiger partial charge in [-0.2, -0.15) is 5.10 Å². The molecule has 2 atom stereocenters. The van der Waals surface area contributed by atoms with Crippen molar-refractivity contribution < 1.29 is 4.79 Å². The number of nitrogens with one attached hydrogen (secondary N) is 2. The monoisotopic (exact) mass is 405 g/mol. The summed E-state index contributed by atoms with van der Waals surface area (Å²) in [6, 6.07) is 11.6. The second-order valence-electron chi connectivity index (χ2n) is 7.93. The highest BCUT2D eigenvalue weighted by Gasteiger charge is 2.29. The lowest BCUT2D eigenvalue weighted by Gasteiger charge is -2.26. The van der Waals surface area contributed by atoms with E-state index in [0.717, 1.165) is 36.2 Å². The van der Waals surface area contributed by atoms with Crippen molar-refractivity contribution in [1.29, 1.82) is 0 Å². The van der Waals surface area contributed by atoms with Gasteiger partial charge in [-0.05, 0) is 30.0 Å². The fourth-order valence-corrected chi connectivity index (χ4v) is 4.13. The number of carbonyl (C=O) groups is 1. The standard InChI is InChI=1S/C23H27N5O2/c1-16(29)26-23(18-8-9-24-11-18)20-10-22(30)27(2)15-21(20)19-12-25-28(14-19)13-17-6-4-3-5-7-17/h3-7,10,12,14-15,18,23-24H,8-9,11,13H2,1-2H3,(H,26,29). The third-order valence-electron chi connectivity index (χ3n) is 5.66. The van der Waals surface area contributed by atoms with Crippen molar-refractivity contribution in [2.24, 2.45) is 13.0 Å². The number of aromatic nitrogens is 3. The van der Waals surface area contributed by atoms with Crippen LogP contribution < -0.4 is 16.2 Å². The second-order valence-corrected chi connectivity index (χ2v) is 7.93. The van der Waals surface area contributed by atoms with Gasteiger partial charge in [-0.15, -0.1) is 0 Å². The van der Waals surface area contributed by atoms with E-state index in [1.807, 2.05) is 41.5 Å². The van der Waals surface area contributed by atoms with Crippen molar-refractivity contribution in [1.82, 2.24) is 25.0 Å². The molecular formula is C23H27N5O2. The first kappa shape index (κ1) is 20.1. The van der Waals surface area contributed by atoms with E-state index in [9.17, 15) is 9.59 Å². The summed E-state index contributed by atoms with van der Waals surface area (Å²) in [6.07, 6.45) is 6.61. The van der Waals surface area contributed by atoms with E-state index in [1.165, 1.54) is 12.5 Å². The van der Waals surface area contributed by atoms with Gasteiger partial charge in [0, 0.05) is 50.1 Å². The Kier molecular flexibility index (Phi) is 5.81. The average Bonchev–Trinajstić information content (AvgIpc) is 3.41. The van der Waals surface area contributed by atoms with Crippen molar-refractivity contribution in [2.45, 2.75) is 25.9 Å². The predicted octanol–water partition coefficient (Wildman–Crippen LogP) is 2.08. The molecule has 1 saturated heterocycles. The number of carbonyl (C=O) groups excluding carboxylic acids is 1. The molecule has 4 rings (SSSR count). The topological polar surface area (TPSA) is 81.0 Å². The van der Waals surface area contributed by atoms with Crippen molar-refractivity contribution in [3.63, 3.8) is 0 Å². The van der Waals surface area contributed by atoms with Gasteiger partial charge in [-0.3, -0.25) is 14.3 Å². The quantitative estimate of drug-likeness (QED) is 0.658. The molecule has 2 N–H and O–H groups in total. The number of nitrogens with zero attached hydrogens (tertiary/aromatic N) is 3. The summed E-state index contributed by atoms with van der Waals surface area (Å²) in [5.74, 6) is 0.136. The molecule has 1 aromatic carbocycles. The molecule has 3 aromatic rings. The third kappa shape index (κ3) is 4.36. The van der Waals surface area contributed by atoms with Gasteiger partial charge in [0.25, 0.3) is 5.56 Å². The lowest BCUT2D eigenvalue weighted by atomic mass is 9.88. The molecule has 3 heterocycles. The SMILES string of the molecule is CC(=O)NC(c1cc(=O)n(C)cc1-c1cnn(Cc2ccccc2)c1)C1CCNC1. The summed E-state index contributed by atoms with van der Waals surface area (Å²) in [4.78, 5) is 24.4. The lowest BCUT2D eigenvalue weighted by molar-refractivity contribution is -0.120. The molecule has 7 heteroatoms. The number of pyridine rings is 1. The van der Waals surface area contributed by atoms with Crippen LogP contribution in [0.2, 0.25) is 0 Å². The molecule has 0 bridgehead atoms. The largest absolute Gasteiger partial charge is 0.349 e. The van der Waals surface area contributed by atoms with Crippen LogP contribution >= 0.6 is 0 Å². The molecule has 7 nitrogen and oxygen atoms in total. The zero-order chi connectivity index (χ0) is 21.1. The van der Waals surface area contributed by atoms with Gasteiger partial charge in [-0.1, -0.05) is 30.3 Å². The Hall–Kier alpha value is -3.19. The fourth-order valence-electron chi connectivity index (χ4n) is 4.13. The molecule has 0 aliphatic carbocycles. The number of hydrogen-bond acceptors (Lipinski definition) is 4. The molecular weight excluding hydrogens is 378 g/mol. The molecule has 1 fully saturated rings. The van der Waals surface area contributed by atoms with E-state index < -0.39 is 0 Å². The van der Waals surface area contributed by atoms with Crippen LogP contribution in [0, 0.1) is 5.92 Å². The Labute approximate surface area is 175 Å². The van der Waals surface area contributed by atoms with Gasteiger partial charge >= 0.3 is 0 Å². The smallest absolute Gasteiger partial charge is 0.250 e. The molecule has 1 aliphatic heterocycles. The Bertz CT molecular complexity index is 1080. The first-order valence-electron chi connectivity index (χ1n) is 10.3. The molecule has 2 aromatic heterocycles. The highest BCUT2D eigenvalue weighted by atomic mass is 16.1. The van der Waals surface area contributed by atoms with Crippen molar-refractivity contribution in [2.75, 3.05) is 13.1 Å². The molecule has 0 radical (unpaired) electrons. The van der Waals surface area contributed by atoms with Gasteiger partial charge in [-0.25, -0.2) is 0 Å². The lowest BCUT2D eigenvalue weighted by Crippen LogP contribution is -2.34. The normalized spacial score (nSPS) is 17.1. The Morgan fingerprint density at radius 2 is 2.10 bits per heavy atom. The summed E-state index contributed by atoms with van der Waals surface area (Å²) in [6.45, 7) is 3.92. The van der Waals surface area contributed by atoms with E-state index >= 15 is 0 Å². The van der Waals surface area contributed by atoms with Crippen LogP contribution in [0.4, 0.5) is 0 Å². The summed E-state index contributed by atoms with van der Waals surface area (Å²) >= 11 is 0. The third-order valence-corrected chi connectivity index (χ3v) is 5.66. The maximum absolute atomic E-state index is 12.5. The number of benzene rings is 1. The first-order valence-corrected chi connectivity index (χ1v) is 10.3. The van der Waals surface area contributed by atoms with E-state index in [1.54, 1.807) is 17.7 Å². The van der Waals surface area contributed by atoms with Gasteiger partial charge in [0.1, 0.15) is 0 Å². The molecule has 2 unspecified atom stereocenters. The first-order chi connectivity index (χ1) is 14.5. The van der Waals surface area contributed by atoms with Gasteiger partial charge in [0.15, 0.2) is 0 Å². The molecule has 1 aliphatic rings. The van der Waals surface area contributed by atoms with Gasteiger partial charge < -0.3 is 15.2 Å². The minimum Gasteiger partial charge on any atom is -0.349 e. The fraction of sp³-hybridized carbons (Fsp3) is 0.348. The minimum absolute atomic E-state index is 0.0910. The number of hydrogen-bond donors (Lipinski definition) is 2.